The first kappa shape index (κ1) is 33.0. The maximum Gasteiger partial charge on any atom is 0.244 e. The second-order valence-corrected chi connectivity index (χ2v) is 13.5. The minimum Gasteiger partial charge on any atom is -0.354 e. The van der Waals surface area contributed by atoms with Gasteiger partial charge in [0.25, 0.3) is 0 Å². The summed E-state index contributed by atoms with van der Waals surface area (Å²) in [5, 5.41) is 3.92. The SMILES string of the molecule is CC(C)CNC(=O)[C@@H](Cc1ccccc1)N(Cc1ccc(Cl)c(Cl)c1)C(=O)CN(c1ccc(Cl)cc1Cl)S(C)(=O)=O. The highest BCUT2D eigenvalue weighted by atomic mass is 35.5. The molecule has 0 bridgehead atoms. The Hall–Kier alpha value is -2.49. The third-order valence-electron chi connectivity index (χ3n) is 6.15. The summed E-state index contributed by atoms with van der Waals surface area (Å²) in [7, 11) is -3.97. The summed E-state index contributed by atoms with van der Waals surface area (Å²) in [6, 6.07) is 17.5. The molecule has 2 amide bonds. The molecular weight excluding hydrogens is 628 g/mol. The largest absolute Gasteiger partial charge is 0.354 e. The lowest BCUT2D eigenvalue weighted by Gasteiger charge is -2.34. The molecule has 0 aliphatic rings. The molecule has 0 fully saturated rings. The zero-order valence-electron chi connectivity index (χ0n) is 22.8. The van der Waals surface area contributed by atoms with Crippen molar-refractivity contribution < 1.29 is 18.0 Å². The number of nitrogens with zero attached hydrogens (tertiary/aromatic N) is 2. The van der Waals surface area contributed by atoms with Crippen LogP contribution in [0.1, 0.15) is 25.0 Å². The highest BCUT2D eigenvalue weighted by Crippen LogP contribution is 2.31. The number of amides is 2. The number of hydrogen-bond donors (Lipinski definition) is 1. The molecule has 41 heavy (non-hydrogen) atoms. The topological polar surface area (TPSA) is 86.8 Å². The van der Waals surface area contributed by atoms with Crippen LogP contribution in [0.15, 0.2) is 66.7 Å². The van der Waals surface area contributed by atoms with Gasteiger partial charge >= 0.3 is 0 Å². The summed E-state index contributed by atoms with van der Waals surface area (Å²) in [5.74, 6) is -0.817. The van der Waals surface area contributed by atoms with Crippen LogP contribution >= 0.6 is 46.4 Å². The van der Waals surface area contributed by atoms with E-state index in [1.165, 1.54) is 23.1 Å². The van der Waals surface area contributed by atoms with Gasteiger partial charge in [-0.3, -0.25) is 13.9 Å². The Kier molecular flexibility index (Phi) is 11.8. The van der Waals surface area contributed by atoms with E-state index in [0.29, 0.717) is 22.2 Å². The normalized spacial score (nSPS) is 12.2. The molecule has 220 valence electrons. The van der Waals surface area contributed by atoms with Gasteiger partial charge in [0.1, 0.15) is 12.6 Å². The summed E-state index contributed by atoms with van der Waals surface area (Å²) >= 11 is 24.7. The number of hydrogen-bond acceptors (Lipinski definition) is 4. The van der Waals surface area contributed by atoms with Crippen molar-refractivity contribution in [3.63, 3.8) is 0 Å². The number of carbonyl (C=O) groups is 2. The summed E-state index contributed by atoms with van der Waals surface area (Å²) in [6.45, 7) is 3.68. The first-order valence-electron chi connectivity index (χ1n) is 12.7. The van der Waals surface area contributed by atoms with Crippen molar-refractivity contribution >= 4 is 73.9 Å². The molecule has 3 aromatic rings. The minimum atomic E-state index is -3.97. The van der Waals surface area contributed by atoms with Crippen LogP contribution in [0.3, 0.4) is 0 Å². The van der Waals surface area contributed by atoms with Gasteiger partial charge in [-0.05, 0) is 47.4 Å². The monoisotopic (exact) mass is 657 g/mol. The third kappa shape index (κ3) is 9.51. The van der Waals surface area contributed by atoms with E-state index in [1.807, 2.05) is 44.2 Å². The van der Waals surface area contributed by atoms with Gasteiger partial charge in [0.15, 0.2) is 0 Å². The first-order chi connectivity index (χ1) is 19.3. The van der Waals surface area contributed by atoms with Gasteiger partial charge in [-0.2, -0.15) is 0 Å². The Bertz CT molecular complexity index is 1490. The average molecular weight is 659 g/mol. The standard InChI is InChI=1S/C29H31Cl4N3O4S/c1-19(2)16-34-29(38)27(14-20-7-5-4-6-8-20)35(17-21-9-11-23(31)24(32)13-21)28(37)18-36(41(3,39)40)26-12-10-22(30)15-25(26)33/h4-13,15,19,27H,14,16-18H2,1-3H3,(H,34,38)/t27-/m1/s1. The lowest BCUT2D eigenvalue weighted by Crippen LogP contribution is -2.53. The summed E-state index contributed by atoms with van der Waals surface area (Å²) in [6.07, 6.45) is 1.17. The highest BCUT2D eigenvalue weighted by Gasteiger charge is 2.33. The van der Waals surface area contributed by atoms with Crippen LogP contribution in [-0.2, 0) is 32.6 Å². The Morgan fingerprint density at radius 1 is 0.854 bits per heavy atom. The van der Waals surface area contributed by atoms with Gasteiger partial charge in [-0.25, -0.2) is 8.42 Å². The minimum absolute atomic E-state index is 0.0335. The van der Waals surface area contributed by atoms with E-state index in [1.54, 1.807) is 18.2 Å². The number of carbonyl (C=O) groups excluding carboxylic acids is 2. The molecule has 0 aliphatic carbocycles. The number of benzene rings is 3. The smallest absolute Gasteiger partial charge is 0.244 e. The second-order valence-electron chi connectivity index (χ2n) is 9.98. The van der Waals surface area contributed by atoms with E-state index < -0.39 is 28.5 Å². The Morgan fingerprint density at radius 3 is 2.12 bits per heavy atom. The molecule has 0 saturated carbocycles. The van der Waals surface area contributed by atoms with Crippen molar-refractivity contribution in [2.75, 3.05) is 23.7 Å². The molecule has 12 heteroatoms. The lowest BCUT2D eigenvalue weighted by atomic mass is 10.0. The van der Waals surface area contributed by atoms with Gasteiger partial charge in [0.05, 0.1) is 27.0 Å². The van der Waals surface area contributed by atoms with Crippen LogP contribution in [0.4, 0.5) is 5.69 Å². The van der Waals surface area contributed by atoms with Gasteiger partial charge in [0.2, 0.25) is 21.8 Å². The van der Waals surface area contributed by atoms with Crippen LogP contribution in [0.2, 0.25) is 20.1 Å². The van der Waals surface area contributed by atoms with E-state index in [0.717, 1.165) is 16.1 Å². The molecule has 0 unspecified atom stereocenters. The van der Waals surface area contributed by atoms with Gasteiger partial charge in [-0.1, -0.05) is 96.6 Å². The van der Waals surface area contributed by atoms with Crippen molar-refractivity contribution in [3.8, 4) is 0 Å². The fourth-order valence-corrected chi connectivity index (χ4v) is 5.83. The molecule has 0 spiro atoms. The van der Waals surface area contributed by atoms with E-state index in [-0.39, 0.29) is 40.5 Å². The van der Waals surface area contributed by atoms with Gasteiger partial charge in [0, 0.05) is 24.5 Å². The predicted octanol–water partition coefficient (Wildman–Crippen LogP) is 6.48. The van der Waals surface area contributed by atoms with Crippen LogP contribution < -0.4 is 9.62 Å². The fraction of sp³-hybridized carbons (Fsp3) is 0.310. The van der Waals surface area contributed by atoms with Crippen molar-refractivity contribution in [1.82, 2.24) is 10.2 Å². The highest BCUT2D eigenvalue weighted by molar-refractivity contribution is 7.92. The van der Waals surface area contributed by atoms with Crippen molar-refractivity contribution in [2.45, 2.75) is 32.9 Å². The van der Waals surface area contributed by atoms with Crippen LogP contribution in [0, 0.1) is 5.92 Å². The molecule has 3 rings (SSSR count). The van der Waals surface area contributed by atoms with E-state index in [4.69, 9.17) is 46.4 Å². The van der Waals surface area contributed by atoms with E-state index >= 15 is 0 Å². The molecule has 0 aromatic heterocycles. The molecule has 0 aliphatic heterocycles. The molecular formula is C29H31Cl4N3O4S. The van der Waals surface area contributed by atoms with Crippen molar-refractivity contribution in [2.24, 2.45) is 5.92 Å². The van der Waals surface area contributed by atoms with E-state index in [2.05, 4.69) is 5.32 Å². The zero-order chi connectivity index (χ0) is 30.3. The van der Waals surface area contributed by atoms with Crippen LogP contribution in [0.25, 0.3) is 0 Å². The summed E-state index contributed by atoms with van der Waals surface area (Å²) < 4.78 is 26.7. The second kappa shape index (κ2) is 14.6. The number of sulfonamides is 1. The summed E-state index contributed by atoms with van der Waals surface area (Å²) in [5.41, 5.74) is 1.52. The van der Waals surface area contributed by atoms with Gasteiger partial charge < -0.3 is 10.2 Å². The van der Waals surface area contributed by atoms with Crippen molar-refractivity contribution in [3.05, 3.63) is 97.9 Å². The Morgan fingerprint density at radius 2 is 1.54 bits per heavy atom. The Balaban J connectivity index is 2.08. The molecule has 1 atom stereocenters. The molecule has 1 N–H and O–H groups in total. The van der Waals surface area contributed by atoms with Crippen LogP contribution in [-0.4, -0.2) is 50.5 Å². The Labute approximate surface area is 261 Å². The predicted molar refractivity (Wildman–Crippen MR) is 167 cm³/mol. The molecule has 0 heterocycles. The lowest BCUT2D eigenvalue weighted by molar-refractivity contribution is -0.140. The maximum absolute atomic E-state index is 14.1. The molecule has 0 radical (unpaired) electrons. The number of rotatable bonds is 12. The third-order valence-corrected chi connectivity index (χ3v) is 8.55. The summed E-state index contributed by atoms with van der Waals surface area (Å²) in [4.78, 5) is 29.1. The van der Waals surface area contributed by atoms with Gasteiger partial charge in [-0.15, -0.1) is 0 Å². The average Bonchev–Trinajstić information content (AvgIpc) is 2.90. The van der Waals surface area contributed by atoms with E-state index in [9.17, 15) is 18.0 Å². The first-order valence-corrected chi connectivity index (χ1v) is 16.1. The molecule has 3 aromatic carbocycles. The maximum atomic E-state index is 14.1. The molecule has 0 saturated heterocycles. The van der Waals surface area contributed by atoms with Crippen LogP contribution in [0.5, 0.6) is 0 Å². The fourth-order valence-electron chi connectivity index (χ4n) is 4.09. The number of anilines is 1. The number of halogens is 4. The number of nitrogens with one attached hydrogen (secondary N) is 1. The molecule has 7 nitrogen and oxygen atoms in total. The van der Waals surface area contributed by atoms with Crippen molar-refractivity contribution in [1.29, 1.82) is 0 Å². The zero-order valence-corrected chi connectivity index (χ0v) is 26.6. The quantitative estimate of drug-likeness (QED) is 0.241.